The van der Waals surface area contributed by atoms with Crippen molar-refractivity contribution in [1.82, 2.24) is 0 Å². The Bertz CT molecular complexity index is 879. The molecular weight excluding hydrogens is 308 g/mol. The molecule has 0 bridgehead atoms. The van der Waals surface area contributed by atoms with Crippen LogP contribution in [0.1, 0.15) is 43.9 Å². The summed E-state index contributed by atoms with van der Waals surface area (Å²) in [6.45, 7) is 6.45. The number of fused-ring (bicyclic) bond motifs is 1. The molecule has 3 nitrogen and oxygen atoms in total. The smallest absolute Gasteiger partial charge is 0.163 e. The van der Waals surface area contributed by atoms with Crippen molar-refractivity contribution in [3.63, 3.8) is 0 Å². The lowest BCUT2D eigenvalue weighted by atomic mass is 9.73. The second kappa shape index (κ2) is 5.76. The summed E-state index contributed by atoms with van der Waals surface area (Å²) >= 11 is 0. The first kappa shape index (κ1) is 15.9. The van der Waals surface area contributed by atoms with Gasteiger partial charge in [-0.15, -0.1) is 0 Å². The Morgan fingerprint density at radius 2 is 1.64 bits per heavy atom. The quantitative estimate of drug-likeness (QED) is 0.752. The molecule has 0 saturated carbocycles. The number of allylic oxidation sites excluding steroid dienone is 1. The first-order valence-corrected chi connectivity index (χ1v) is 8.89. The number of carbonyl (C=O) groups is 1. The molecule has 1 aliphatic carbocycles. The van der Waals surface area contributed by atoms with E-state index in [9.17, 15) is 4.79 Å². The molecule has 0 unspecified atom stereocenters. The molecule has 0 amide bonds. The molecule has 0 radical (unpaired) electrons. The fourth-order valence-electron chi connectivity index (χ4n) is 4.03. The largest absolute Gasteiger partial charge is 0.372 e. The fourth-order valence-corrected chi connectivity index (χ4v) is 4.03. The van der Waals surface area contributed by atoms with Gasteiger partial charge in [-0.3, -0.25) is 4.79 Å². The molecule has 4 rings (SSSR count). The Balaban J connectivity index is 1.92. The molecule has 2 N–H and O–H groups in total. The SMILES string of the molecule is Cc1ccccc1[C@@H]1Nc2ccccc2NC2=C1C(=O)CC(C)(C)C2. The van der Waals surface area contributed by atoms with Crippen LogP contribution in [0.25, 0.3) is 0 Å². The van der Waals surface area contributed by atoms with Crippen molar-refractivity contribution in [2.75, 3.05) is 10.6 Å². The third-order valence-electron chi connectivity index (χ3n) is 5.22. The van der Waals surface area contributed by atoms with Gasteiger partial charge in [0.1, 0.15) is 0 Å². The van der Waals surface area contributed by atoms with Gasteiger partial charge in [0.25, 0.3) is 0 Å². The van der Waals surface area contributed by atoms with Crippen LogP contribution in [-0.4, -0.2) is 5.78 Å². The van der Waals surface area contributed by atoms with Gasteiger partial charge in [0.05, 0.1) is 17.4 Å². The zero-order valence-corrected chi connectivity index (χ0v) is 15.0. The van der Waals surface area contributed by atoms with E-state index in [0.717, 1.165) is 29.1 Å². The highest BCUT2D eigenvalue weighted by atomic mass is 16.1. The van der Waals surface area contributed by atoms with Crippen LogP contribution in [0.15, 0.2) is 59.8 Å². The third-order valence-corrected chi connectivity index (χ3v) is 5.22. The van der Waals surface area contributed by atoms with Crippen molar-refractivity contribution in [3.8, 4) is 0 Å². The standard InChI is InChI=1S/C22H24N2O/c1-14-8-4-5-9-15(14)21-20-18(12-22(2,3)13-19(20)25)23-16-10-6-7-11-17(16)24-21/h4-11,21,23-24H,12-13H2,1-3H3/t21-/m0/s1. The zero-order chi connectivity index (χ0) is 17.6. The highest BCUT2D eigenvalue weighted by Gasteiger charge is 2.38. The van der Waals surface area contributed by atoms with Gasteiger partial charge in [0, 0.05) is 17.7 Å². The topological polar surface area (TPSA) is 41.1 Å². The maximum absolute atomic E-state index is 13.1. The van der Waals surface area contributed by atoms with Crippen LogP contribution in [0.2, 0.25) is 0 Å². The highest BCUT2D eigenvalue weighted by molar-refractivity contribution is 6.01. The van der Waals surface area contributed by atoms with Gasteiger partial charge >= 0.3 is 0 Å². The maximum Gasteiger partial charge on any atom is 0.163 e. The lowest BCUT2D eigenvalue weighted by Gasteiger charge is -2.34. The molecule has 0 spiro atoms. The Kier molecular flexibility index (Phi) is 3.68. The number of anilines is 2. The predicted molar refractivity (Wildman–Crippen MR) is 103 cm³/mol. The lowest BCUT2D eigenvalue weighted by molar-refractivity contribution is -0.118. The molecule has 0 fully saturated rings. The van der Waals surface area contributed by atoms with Crippen molar-refractivity contribution in [1.29, 1.82) is 0 Å². The minimum atomic E-state index is -0.115. The summed E-state index contributed by atoms with van der Waals surface area (Å²) < 4.78 is 0. The molecular formula is C22H24N2O. The number of para-hydroxylation sites is 2. The van der Waals surface area contributed by atoms with Crippen LogP contribution in [0.5, 0.6) is 0 Å². The van der Waals surface area contributed by atoms with Gasteiger partial charge in [-0.2, -0.15) is 0 Å². The number of hydrogen-bond donors (Lipinski definition) is 2. The Labute approximate surface area is 149 Å². The molecule has 25 heavy (non-hydrogen) atoms. The molecule has 1 aliphatic heterocycles. The van der Waals surface area contributed by atoms with Gasteiger partial charge in [0.2, 0.25) is 0 Å². The molecule has 128 valence electrons. The van der Waals surface area contributed by atoms with Crippen molar-refractivity contribution in [2.45, 2.75) is 39.7 Å². The highest BCUT2D eigenvalue weighted by Crippen LogP contribution is 2.45. The van der Waals surface area contributed by atoms with E-state index in [1.165, 1.54) is 11.1 Å². The van der Waals surface area contributed by atoms with Crippen molar-refractivity contribution < 1.29 is 4.79 Å². The second-order valence-corrected chi connectivity index (χ2v) is 7.94. The van der Waals surface area contributed by atoms with E-state index in [2.05, 4.69) is 55.7 Å². The average Bonchev–Trinajstić information content (AvgIpc) is 2.70. The van der Waals surface area contributed by atoms with Crippen molar-refractivity contribution >= 4 is 17.2 Å². The van der Waals surface area contributed by atoms with Crippen LogP contribution < -0.4 is 10.6 Å². The van der Waals surface area contributed by atoms with Crippen LogP contribution in [0.3, 0.4) is 0 Å². The summed E-state index contributed by atoms with van der Waals surface area (Å²) in [6, 6.07) is 16.4. The average molecular weight is 332 g/mol. The first-order valence-electron chi connectivity index (χ1n) is 8.89. The number of carbonyl (C=O) groups excluding carboxylic acids is 1. The van der Waals surface area contributed by atoms with Gasteiger partial charge in [-0.25, -0.2) is 0 Å². The Hall–Kier alpha value is -2.55. The summed E-state index contributed by atoms with van der Waals surface area (Å²) in [4.78, 5) is 13.1. The van der Waals surface area contributed by atoms with E-state index in [0.29, 0.717) is 6.42 Å². The van der Waals surface area contributed by atoms with E-state index in [4.69, 9.17) is 0 Å². The predicted octanol–water partition coefficient (Wildman–Crippen LogP) is 5.22. The number of aryl methyl sites for hydroxylation is 1. The number of nitrogens with one attached hydrogen (secondary N) is 2. The molecule has 2 aliphatic rings. The van der Waals surface area contributed by atoms with E-state index in [1.807, 2.05) is 24.3 Å². The van der Waals surface area contributed by atoms with Crippen LogP contribution in [-0.2, 0) is 4.79 Å². The normalized spacial score (nSPS) is 21.6. The number of hydrogen-bond acceptors (Lipinski definition) is 3. The van der Waals surface area contributed by atoms with E-state index in [1.54, 1.807) is 0 Å². The van der Waals surface area contributed by atoms with E-state index in [-0.39, 0.29) is 17.2 Å². The Morgan fingerprint density at radius 1 is 0.960 bits per heavy atom. The summed E-state index contributed by atoms with van der Waals surface area (Å²) in [7, 11) is 0. The van der Waals surface area contributed by atoms with Crippen LogP contribution >= 0.6 is 0 Å². The molecule has 0 aromatic heterocycles. The summed E-state index contributed by atoms with van der Waals surface area (Å²) in [5, 5.41) is 7.20. The number of rotatable bonds is 1. The number of ketones is 1. The van der Waals surface area contributed by atoms with Gasteiger partial charge < -0.3 is 10.6 Å². The molecule has 0 saturated heterocycles. The van der Waals surface area contributed by atoms with Crippen molar-refractivity contribution in [3.05, 3.63) is 70.9 Å². The monoisotopic (exact) mass is 332 g/mol. The maximum atomic E-state index is 13.1. The van der Waals surface area contributed by atoms with E-state index >= 15 is 0 Å². The summed E-state index contributed by atoms with van der Waals surface area (Å²) in [5.41, 5.74) is 6.38. The van der Waals surface area contributed by atoms with Crippen molar-refractivity contribution in [2.24, 2.45) is 5.41 Å². The molecule has 2 aromatic rings. The molecule has 3 heteroatoms. The molecule has 2 aromatic carbocycles. The van der Waals surface area contributed by atoms with E-state index < -0.39 is 0 Å². The third kappa shape index (κ3) is 2.84. The Morgan fingerprint density at radius 3 is 2.40 bits per heavy atom. The second-order valence-electron chi connectivity index (χ2n) is 7.94. The van der Waals surface area contributed by atoms with Gasteiger partial charge in [0.15, 0.2) is 5.78 Å². The van der Waals surface area contributed by atoms with Crippen LogP contribution in [0.4, 0.5) is 11.4 Å². The van der Waals surface area contributed by atoms with Gasteiger partial charge in [-0.05, 0) is 42.0 Å². The number of Topliss-reactive ketones (excluding diaryl/α,β-unsaturated/α-hetero) is 1. The fraction of sp³-hybridized carbons (Fsp3) is 0.318. The minimum absolute atomic E-state index is 0.0154. The van der Waals surface area contributed by atoms with Crippen LogP contribution in [0, 0.1) is 12.3 Å². The minimum Gasteiger partial charge on any atom is -0.372 e. The molecule has 1 atom stereocenters. The first-order chi connectivity index (χ1) is 11.9. The lowest BCUT2D eigenvalue weighted by Crippen LogP contribution is -2.31. The zero-order valence-electron chi connectivity index (χ0n) is 15.0. The van der Waals surface area contributed by atoms with Gasteiger partial charge in [-0.1, -0.05) is 50.2 Å². The summed E-state index contributed by atoms with van der Waals surface area (Å²) in [5.74, 6) is 0.243. The summed E-state index contributed by atoms with van der Waals surface area (Å²) in [6.07, 6.45) is 1.47. The molecule has 1 heterocycles. The number of benzene rings is 2.